The van der Waals surface area contributed by atoms with E-state index in [1.165, 1.54) is 5.56 Å². The van der Waals surface area contributed by atoms with E-state index < -0.39 is 0 Å². The van der Waals surface area contributed by atoms with Crippen molar-refractivity contribution in [2.24, 2.45) is 5.92 Å². The Bertz CT molecular complexity index is 1030. The first-order valence-electron chi connectivity index (χ1n) is 11.7. The number of pyridine rings is 2. The van der Waals surface area contributed by atoms with E-state index in [1.54, 1.807) is 18.5 Å². The van der Waals surface area contributed by atoms with Crippen LogP contribution in [-0.4, -0.2) is 40.0 Å². The van der Waals surface area contributed by atoms with Crippen LogP contribution in [0.2, 0.25) is 0 Å². The summed E-state index contributed by atoms with van der Waals surface area (Å²) in [6.07, 6.45) is 5.70. The van der Waals surface area contributed by atoms with Gasteiger partial charge in [0.25, 0.3) is 5.91 Å². The number of nitrogens with zero attached hydrogens (tertiary/aromatic N) is 3. The molecule has 0 spiro atoms. The van der Waals surface area contributed by atoms with Gasteiger partial charge in [-0.25, -0.2) is 0 Å². The number of nitrogens with one attached hydrogen (secondary N) is 1. The van der Waals surface area contributed by atoms with E-state index in [1.807, 2.05) is 50.2 Å². The van der Waals surface area contributed by atoms with E-state index in [2.05, 4.69) is 38.4 Å². The maximum absolute atomic E-state index is 12.9. The number of benzene rings is 1. The fourth-order valence-electron chi connectivity index (χ4n) is 4.46. The Morgan fingerprint density at radius 1 is 1.09 bits per heavy atom. The SMILES string of the molecule is CC(C)Oc1cccc(CN2CCC[C@H]([C@@H](NC(=O)c3ccccn3)c3ccccn3)C2)c1. The Hall–Kier alpha value is -3.25. The number of hydrogen-bond acceptors (Lipinski definition) is 5. The van der Waals surface area contributed by atoms with Crippen molar-refractivity contribution >= 4 is 5.91 Å². The summed E-state index contributed by atoms with van der Waals surface area (Å²) in [5.41, 5.74) is 2.55. The molecule has 1 aromatic carbocycles. The van der Waals surface area contributed by atoms with Gasteiger partial charge in [0.2, 0.25) is 0 Å². The van der Waals surface area contributed by atoms with Gasteiger partial charge in [0.05, 0.1) is 17.8 Å². The van der Waals surface area contributed by atoms with E-state index >= 15 is 0 Å². The molecule has 2 atom stereocenters. The number of likely N-dealkylation sites (tertiary alicyclic amines) is 1. The van der Waals surface area contributed by atoms with Crippen LogP contribution in [0.3, 0.4) is 0 Å². The zero-order valence-electron chi connectivity index (χ0n) is 19.4. The number of carbonyl (C=O) groups excluding carboxylic acids is 1. The monoisotopic (exact) mass is 444 g/mol. The summed E-state index contributed by atoms with van der Waals surface area (Å²) in [4.78, 5) is 24.2. The van der Waals surface area contributed by atoms with Crippen molar-refractivity contribution < 1.29 is 9.53 Å². The molecule has 1 fully saturated rings. The predicted octanol–water partition coefficient (Wildman–Crippen LogP) is 4.65. The summed E-state index contributed by atoms with van der Waals surface area (Å²) in [6.45, 7) is 6.86. The largest absolute Gasteiger partial charge is 0.491 e. The number of hydrogen-bond donors (Lipinski definition) is 1. The van der Waals surface area contributed by atoms with Gasteiger partial charge in [0.1, 0.15) is 11.4 Å². The van der Waals surface area contributed by atoms with E-state index in [0.717, 1.165) is 43.9 Å². The Morgan fingerprint density at radius 2 is 1.91 bits per heavy atom. The highest BCUT2D eigenvalue weighted by atomic mass is 16.5. The van der Waals surface area contributed by atoms with Crippen molar-refractivity contribution in [3.8, 4) is 5.75 Å². The first-order valence-corrected chi connectivity index (χ1v) is 11.7. The third-order valence-corrected chi connectivity index (χ3v) is 5.88. The molecule has 4 rings (SSSR count). The average Bonchev–Trinajstić information content (AvgIpc) is 2.83. The Kier molecular flexibility index (Phi) is 7.68. The third kappa shape index (κ3) is 6.39. The van der Waals surface area contributed by atoms with Gasteiger partial charge in [-0.3, -0.25) is 19.7 Å². The van der Waals surface area contributed by atoms with Crippen molar-refractivity contribution in [3.05, 3.63) is 90.0 Å². The number of aromatic nitrogens is 2. The van der Waals surface area contributed by atoms with E-state index in [4.69, 9.17) is 4.74 Å². The predicted molar refractivity (Wildman–Crippen MR) is 129 cm³/mol. The summed E-state index contributed by atoms with van der Waals surface area (Å²) in [7, 11) is 0. The highest BCUT2D eigenvalue weighted by Gasteiger charge is 2.31. The average molecular weight is 445 g/mol. The molecule has 3 aromatic rings. The molecule has 172 valence electrons. The molecule has 3 heterocycles. The lowest BCUT2D eigenvalue weighted by molar-refractivity contribution is 0.0870. The minimum Gasteiger partial charge on any atom is -0.491 e. The molecule has 6 heteroatoms. The lowest BCUT2D eigenvalue weighted by atomic mass is 9.88. The summed E-state index contributed by atoms with van der Waals surface area (Å²) >= 11 is 0. The van der Waals surface area contributed by atoms with Gasteiger partial charge in [0, 0.05) is 25.5 Å². The molecular weight excluding hydrogens is 412 g/mol. The van der Waals surface area contributed by atoms with Crippen LogP contribution in [0.4, 0.5) is 0 Å². The summed E-state index contributed by atoms with van der Waals surface area (Å²) in [5.74, 6) is 1.00. The first-order chi connectivity index (χ1) is 16.1. The molecule has 1 saturated heterocycles. The number of ether oxygens (including phenoxy) is 1. The van der Waals surface area contributed by atoms with Gasteiger partial charge in [-0.15, -0.1) is 0 Å². The highest BCUT2D eigenvalue weighted by molar-refractivity contribution is 5.92. The molecular formula is C27H32N4O2. The van der Waals surface area contributed by atoms with Gasteiger partial charge >= 0.3 is 0 Å². The minimum atomic E-state index is -0.167. The maximum atomic E-state index is 12.9. The van der Waals surface area contributed by atoms with E-state index in [0.29, 0.717) is 5.69 Å². The van der Waals surface area contributed by atoms with Gasteiger partial charge in [-0.1, -0.05) is 24.3 Å². The molecule has 6 nitrogen and oxygen atoms in total. The fraction of sp³-hybridized carbons (Fsp3) is 0.370. The van der Waals surface area contributed by atoms with Gasteiger partial charge < -0.3 is 10.1 Å². The second-order valence-electron chi connectivity index (χ2n) is 8.87. The van der Waals surface area contributed by atoms with E-state index in [-0.39, 0.29) is 24.0 Å². The van der Waals surface area contributed by atoms with Crippen LogP contribution < -0.4 is 10.1 Å². The number of amides is 1. The smallest absolute Gasteiger partial charge is 0.270 e. The highest BCUT2D eigenvalue weighted by Crippen LogP contribution is 2.30. The quantitative estimate of drug-likeness (QED) is 0.548. The molecule has 1 amide bonds. The lowest BCUT2D eigenvalue weighted by Crippen LogP contribution is -2.43. The first kappa shape index (κ1) is 22.9. The normalized spacial score (nSPS) is 17.5. The van der Waals surface area contributed by atoms with Crippen LogP contribution in [-0.2, 0) is 6.54 Å². The number of carbonyl (C=O) groups is 1. The van der Waals surface area contributed by atoms with Crippen molar-refractivity contribution in [1.82, 2.24) is 20.2 Å². The third-order valence-electron chi connectivity index (χ3n) is 5.88. The van der Waals surface area contributed by atoms with Crippen LogP contribution in [0.5, 0.6) is 5.75 Å². The van der Waals surface area contributed by atoms with Crippen LogP contribution in [0.1, 0.15) is 54.5 Å². The molecule has 1 aliphatic heterocycles. The molecule has 2 aromatic heterocycles. The summed E-state index contributed by atoms with van der Waals surface area (Å²) in [6, 6.07) is 19.4. The zero-order chi connectivity index (χ0) is 23.0. The Morgan fingerprint density at radius 3 is 2.64 bits per heavy atom. The fourth-order valence-corrected chi connectivity index (χ4v) is 4.46. The summed E-state index contributed by atoms with van der Waals surface area (Å²) < 4.78 is 5.87. The second kappa shape index (κ2) is 11.1. The molecule has 0 aliphatic carbocycles. The van der Waals surface area contributed by atoms with Gasteiger partial charge in [-0.2, -0.15) is 0 Å². The zero-order valence-corrected chi connectivity index (χ0v) is 19.4. The van der Waals surface area contributed by atoms with E-state index in [9.17, 15) is 4.79 Å². The number of piperidine rings is 1. The standard InChI is InChI=1S/C27H32N4O2/c1-20(2)33-23-11-7-9-21(17-23)18-31-16-8-10-22(19-31)26(24-12-3-5-14-28-24)30-27(32)25-13-4-6-15-29-25/h3-7,9,11-15,17,20,22,26H,8,10,16,18-19H2,1-2H3,(H,30,32)/t22-,26+/m0/s1. The minimum absolute atomic E-state index is 0.154. The van der Waals surface area contributed by atoms with Crippen LogP contribution in [0.25, 0.3) is 0 Å². The Labute approximate surface area is 196 Å². The molecule has 0 bridgehead atoms. The van der Waals surface area contributed by atoms with Crippen LogP contribution >= 0.6 is 0 Å². The van der Waals surface area contributed by atoms with Crippen molar-refractivity contribution in [2.75, 3.05) is 13.1 Å². The van der Waals surface area contributed by atoms with Crippen LogP contribution in [0, 0.1) is 5.92 Å². The number of rotatable bonds is 8. The second-order valence-corrected chi connectivity index (χ2v) is 8.87. The molecule has 1 N–H and O–H groups in total. The van der Waals surface area contributed by atoms with Gasteiger partial charge in [-0.05, 0) is 81.1 Å². The maximum Gasteiger partial charge on any atom is 0.270 e. The van der Waals surface area contributed by atoms with Gasteiger partial charge in [0.15, 0.2) is 0 Å². The van der Waals surface area contributed by atoms with Crippen molar-refractivity contribution in [3.63, 3.8) is 0 Å². The Balaban J connectivity index is 1.49. The lowest BCUT2D eigenvalue weighted by Gasteiger charge is -2.37. The molecule has 1 aliphatic rings. The van der Waals surface area contributed by atoms with Crippen molar-refractivity contribution in [2.45, 2.75) is 45.4 Å². The molecule has 0 unspecified atom stereocenters. The van der Waals surface area contributed by atoms with Crippen LogP contribution in [0.15, 0.2) is 73.1 Å². The van der Waals surface area contributed by atoms with Crippen molar-refractivity contribution in [1.29, 1.82) is 0 Å². The topological polar surface area (TPSA) is 67.3 Å². The molecule has 33 heavy (non-hydrogen) atoms. The molecule has 0 saturated carbocycles. The summed E-state index contributed by atoms with van der Waals surface area (Å²) in [5, 5.41) is 3.22. The molecule has 0 radical (unpaired) electrons.